The normalized spacial score (nSPS) is 19.1. The highest BCUT2D eigenvalue weighted by molar-refractivity contribution is 6.30. The molecule has 2 aliphatic heterocycles. The molecule has 0 spiro atoms. The Balaban J connectivity index is 1.78. The molecular weight excluding hydrogens is 441 g/mol. The predicted molar refractivity (Wildman–Crippen MR) is 114 cm³/mol. The van der Waals surface area contributed by atoms with Crippen molar-refractivity contribution >= 4 is 29.7 Å². The highest BCUT2D eigenvalue weighted by Gasteiger charge is 2.46. The zero-order chi connectivity index (χ0) is 23.2. The largest absolute Gasteiger partial charge is 0.359 e. The van der Waals surface area contributed by atoms with Gasteiger partial charge in [0.1, 0.15) is 17.1 Å². The Morgan fingerprint density at radius 3 is 2.75 bits per heavy atom. The molecule has 10 heteroatoms. The summed E-state index contributed by atoms with van der Waals surface area (Å²) >= 11 is 5.78. The van der Waals surface area contributed by atoms with Crippen molar-refractivity contribution < 1.29 is 23.5 Å². The number of carbonyl (C=O) groups excluding carboxylic acids is 3. The molecule has 2 aliphatic rings. The van der Waals surface area contributed by atoms with Gasteiger partial charge in [-0.25, -0.2) is 4.39 Å². The lowest BCUT2D eigenvalue weighted by Crippen LogP contribution is -2.52. The van der Waals surface area contributed by atoms with Crippen LogP contribution in [0, 0.1) is 5.82 Å². The van der Waals surface area contributed by atoms with Crippen molar-refractivity contribution in [3.8, 4) is 0 Å². The zero-order valence-electron chi connectivity index (χ0n) is 17.5. The van der Waals surface area contributed by atoms with E-state index in [9.17, 15) is 23.6 Å². The Bertz CT molecular complexity index is 1200. The number of pyridine rings is 1. The van der Waals surface area contributed by atoms with E-state index in [0.717, 1.165) is 0 Å². The summed E-state index contributed by atoms with van der Waals surface area (Å²) in [6, 6.07) is 3.71. The summed E-state index contributed by atoms with van der Waals surface area (Å²) in [6.45, 7) is 2.14. The predicted octanol–water partition coefficient (Wildman–Crippen LogP) is 2.32. The zero-order valence-corrected chi connectivity index (χ0v) is 18.2. The van der Waals surface area contributed by atoms with E-state index < -0.39 is 29.3 Å². The molecule has 0 saturated carbocycles. The van der Waals surface area contributed by atoms with E-state index in [1.54, 1.807) is 11.5 Å². The summed E-state index contributed by atoms with van der Waals surface area (Å²) in [5.74, 6) is -1.74. The Morgan fingerprint density at radius 1 is 1.38 bits per heavy atom. The number of aromatic nitrogens is 1. The number of benzene rings is 1. The van der Waals surface area contributed by atoms with Gasteiger partial charge in [-0.15, -0.1) is 0 Å². The topological polar surface area (TPSA) is 97.7 Å². The molecule has 3 heterocycles. The third-order valence-electron chi connectivity index (χ3n) is 6.02. The van der Waals surface area contributed by atoms with E-state index in [1.165, 1.54) is 30.2 Å². The van der Waals surface area contributed by atoms with E-state index in [4.69, 9.17) is 16.3 Å². The average molecular weight is 462 g/mol. The van der Waals surface area contributed by atoms with Crippen LogP contribution in [0.15, 0.2) is 23.0 Å². The molecule has 8 nitrogen and oxygen atoms in total. The number of hydrogen-bond donors (Lipinski definition) is 1. The van der Waals surface area contributed by atoms with Gasteiger partial charge >= 0.3 is 0 Å². The van der Waals surface area contributed by atoms with Crippen molar-refractivity contribution in [1.82, 2.24) is 14.8 Å². The van der Waals surface area contributed by atoms with Gasteiger partial charge in [0.15, 0.2) is 12.5 Å². The molecule has 4 rings (SSSR count). The van der Waals surface area contributed by atoms with Crippen molar-refractivity contribution in [1.29, 1.82) is 0 Å². The molecule has 2 aromatic rings. The number of rotatable bonds is 6. The first-order valence-corrected chi connectivity index (χ1v) is 10.5. The maximum Gasteiger partial charge on any atom is 0.273 e. The van der Waals surface area contributed by atoms with Gasteiger partial charge in [-0.3, -0.25) is 19.2 Å². The highest BCUT2D eigenvalue weighted by Crippen LogP contribution is 2.38. The van der Waals surface area contributed by atoms with Gasteiger partial charge in [0.05, 0.1) is 16.6 Å². The molecule has 2 amide bonds. The number of carbonyl (C=O) groups is 3. The number of halogens is 2. The van der Waals surface area contributed by atoms with E-state index in [0.29, 0.717) is 36.9 Å². The molecule has 32 heavy (non-hydrogen) atoms. The third-order valence-corrected chi connectivity index (χ3v) is 6.31. The van der Waals surface area contributed by atoms with Crippen LogP contribution in [0.2, 0.25) is 5.02 Å². The summed E-state index contributed by atoms with van der Waals surface area (Å²) in [7, 11) is 1.49. The number of ether oxygens (including phenoxy) is 1. The van der Waals surface area contributed by atoms with Gasteiger partial charge in [0, 0.05) is 25.9 Å². The van der Waals surface area contributed by atoms with E-state index in [2.05, 4.69) is 5.32 Å². The van der Waals surface area contributed by atoms with Gasteiger partial charge in [-0.05, 0) is 37.5 Å². The van der Waals surface area contributed by atoms with Crippen molar-refractivity contribution in [3.63, 3.8) is 0 Å². The van der Waals surface area contributed by atoms with Crippen molar-refractivity contribution in [3.05, 3.63) is 67.3 Å². The number of nitrogens with one attached hydrogen (secondary N) is 1. The fraction of sp³-hybridized carbons (Fsp3) is 0.364. The van der Waals surface area contributed by atoms with E-state index >= 15 is 0 Å². The minimum atomic E-state index is -0.781. The van der Waals surface area contributed by atoms with Crippen LogP contribution in [0.25, 0.3) is 0 Å². The Labute approximate surface area is 187 Å². The number of aldehydes is 1. The fourth-order valence-corrected chi connectivity index (χ4v) is 4.81. The van der Waals surface area contributed by atoms with Crippen molar-refractivity contribution in [2.45, 2.75) is 38.6 Å². The minimum absolute atomic E-state index is 0.000448. The summed E-state index contributed by atoms with van der Waals surface area (Å²) in [5.41, 5.74) is -0.341. The molecule has 0 radical (unpaired) electrons. The second-order valence-corrected chi connectivity index (χ2v) is 8.06. The fourth-order valence-electron chi connectivity index (χ4n) is 4.60. The summed E-state index contributed by atoms with van der Waals surface area (Å²) in [5, 5.41) is 2.55. The number of likely N-dealkylation sites (N-methyl/N-ethyl adjacent to an activating group) is 1. The van der Waals surface area contributed by atoms with Crippen LogP contribution in [-0.4, -0.2) is 47.4 Å². The molecule has 1 aromatic carbocycles. The van der Waals surface area contributed by atoms with Gasteiger partial charge in [0.25, 0.3) is 11.8 Å². The molecule has 0 aliphatic carbocycles. The Hall–Kier alpha value is -3.04. The maximum atomic E-state index is 13.4. The summed E-state index contributed by atoms with van der Waals surface area (Å²) in [6.07, 6.45) is 0.683. The number of hydrogen-bond acceptors (Lipinski definition) is 5. The minimum Gasteiger partial charge on any atom is -0.359 e. The summed E-state index contributed by atoms with van der Waals surface area (Å²) < 4.78 is 20.6. The lowest BCUT2D eigenvalue weighted by atomic mass is 10.0. The first-order chi connectivity index (χ1) is 15.3. The van der Waals surface area contributed by atoms with Crippen molar-refractivity contribution in [2.75, 3.05) is 13.7 Å². The van der Waals surface area contributed by atoms with Crippen LogP contribution in [-0.2, 0) is 17.7 Å². The van der Waals surface area contributed by atoms with Gasteiger partial charge in [0.2, 0.25) is 5.43 Å². The summed E-state index contributed by atoms with van der Waals surface area (Å²) in [4.78, 5) is 52.6. The molecule has 168 valence electrons. The SMILES string of the molecule is CCN1C(=O)c2c(C=O)c(=O)c(C(=O)NCc3ccc(F)c(Cl)c3)c3n2[C@H](CC3)[C@@H]1OC. The second-order valence-electron chi connectivity index (χ2n) is 7.66. The molecule has 0 fully saturated rings. The van der Waals surface area contributed by atoms with Crippen LogP contribution in [0.4, 0.5) is 4.39 Å². The van der Waals surface area contributed by atoms with Gasteiger partial charge in [-0.1, -0.05) is 17.7 Å². The average Bonchev–Trinajstić information content (AvgIpc) is 3.20. The lowest BCUT2D eigenvalue weighted by molar-refractivity contribution is -0.0570. The first-order valence-electron chi connectivity index (χ1n) is 10.2. The highest BCUT2D eigenvalue weighted by atomic mass is 35.5. The third kappa shape index (κ3) is 3.32. The number of methoxy groups -OCH3 is 1. The molecule has 0 unspecified atom stereocenters. The van der Waals surface area contributed by atoms with E-state index in [-0.39, 0.29) is 34.4 Å². The van der Waals surface area contributed by atoms with E-state index in [1.807, 2.05) is 0 Å². The van der Waals surface area contributed by atoms with Crippen LogP contribution in [0.5, 0.6) is 0 Å². The van der Waals surface area contributed by atoms with Crippen LogP contribution in [0.1, 0.15) is 61.8 Å². The molecule has 1 N–H and O–H groups in total. The van der Waals surface area contributed by atoms with Crippen LogP contribution in [0.3, 0.4) is 0 Å². The first kappa shape index (κ1) is 22.2. The number of nitrogens with zero attached hydrogens (tertiary/aromatic N) is 2. The molecule has 1 aromatic heterocycles. The standard InChI is InChI=1S/C22H21ClFN3O5/c1-3-26-21(31)18-12(10-28)19(29)17(15-6-7-16(27(15)18)22(26)32-2)20(30)25-9-11-4-5-14(24)13(23)8-11/h4-5,8,10,16,22H,3,6-7,9H2,1-2H3,(H,25,30)/t16-,22+/m1/s1. The monoisotopic (exact) mass is 461 g/mol. The Kier molecular flexibility index (Phi) is 5.87. The number of amides is 2. The van der Waals surface area contributed by atoms with Crippen LogP contribution < -0.4 is 10.7 Å². The molecule has 0 saturated heterocycles. The van der Waals surface area contributed by atoms with Crippen molar-refractivity contribution in [2.24, 2.45) is 0 Å². The lowest BCUT2D eigenvalue weighted by Gasteiger charge is -2.40. The van der Waals surface area contributed by atoms with Crippen LogP contribution >= 0.6 is 11.6 Å². The molecule has 2 atom stereocenters. The maximum absolute atomic E-state index is 13.4. The van der Waals surface area contributed by atoms with Gasteiger partial charge in [-0.2, -0.15) is 0 Å². The Morgan fingerprint density at radius 2 is 2.12 bits per heavy atom. The molecular formula is C22H21ClFN3O5. The molecule has 0 bridgehead atoms. The quantitative estimate of drug-likeness (QED) is 0.666. The van der Waals surface area contributed by atoms with Gasteiger partial charge < -0.3 is 19.5 Å². The second kappa shape index (κ2) is 8.48. The smallest absolute Gasteiger partial charge is 0.273 e.